The normalized spacial score (nSPS) is 13.0. The van der Waals surface area contributed by atoms with Crippen LogP contribution in [0.4, 0.5) is 18.9 Å². The Morgan fingerprint density at radius 1 is 1.12 bits per heavy atom. The minimum absolute atomic E-state index is 0.0433. The Morgan fingerprint density at radius 3 is 2.40 bits per heavy atom. The summed E-state index contributed by atoms with van der Waals surface area (Å²) in [6, 6.07) is 11.4. The molecule has 3 rings (SSSR count). The van der Waals surface area contributed by atoms with Crippen molar-refractivity contribution in [3.05, 3.63) is 70.3 Å². The second-order valence-corrected chi connectivity index (χ2v) is 5.57. The average Bonchev–Trinajstić information content (AvgIpc) is 2.56. The van der Waals surface area contributed by atoms with Gasteiger partial charge in [0.25, 0.3) is 5.56 Å². The number of alkyl halides is 3. The van der Waals surface area contributed by atoms with Gasteiger partial charge in [-0.2, -0.15) is 13.2 Å². The standard InChI is InChI=1S/C17H15F3N4O/c1-10(21)15-22-13-9-5-8-12(17(18,19)20)14(13)16(25)24(15)23-11-6-3-2-4-7-11/h2-10,23H,21H2,1H3. The fourth-order valence-electron chi connectivity index (χ4n) is 2.54. The summed E-state index contributed by atoms with van der Waals surface area (Å²) >= 11 is 0. The van der Waals surface area contributed by atoms with Gasteiger partial charge in [-0.3, -0.25) is 10.2 Å². The number of benzene rings is 2. The fraction of sp³-hybridized carbons (Fsp3) is 0.176. The van der Waals surface area contributed by atoms with Crippen molar-refractivity contribution >= 4 is 16.6 Å². The number of para-hydroxylation sites is 1. The first kappa shape index (κ1) is 17.0. The predicted octanol–water partition coefficient (Wildman–Crippen LogP) is 3.31. The van der Waals surface area contributed by atoms with Crippen molar-refractivity contribution in [1.29, 1.82) is 0 Å². The van der Waals surface area contributed by atoms with Crippen LogP contribution in [0.2, 0.25) is 0 Å². The molecule has 2 aromatic carbocycles. The zero-order valence-electron chi connectivity index (χ0n) is 13.2. The molecule has 0 radical (unpaired) electrons. The maximum absolute atomic E-state index is 13.3. The smallest absolute Gasteiger partial charge is 0.322 e. The maximum Gasteiger partial charge on any atom is 0.417 e. The van der Waals surface area contributed by atoms with Gasteiger partial charge >= 0.3 is 6.18 Å². The van der Waals surface area contributed by atoms with E-state index in [1.807, 2.05) is 0 Å². The summed E-state index contributed by atoms with van der Waals surface area (Å²) in [6.45, 7) is 1.60. The quantitative estimate of drug-likeness (QED) is 0.762. The molecule has 0 aliphatic rings. The summed E-state index contributed by atoms with van der Waals surface area (Å²) in [6.07, 6.45) is -4.67. The van der Waals surface area contributed by atoms with Gasteiger partial charge < -0.3 is 5.73 Å². The van der Waals surface area contributed by atoms with Crippen molar-refractivity contribution < 1.29 is 13.2 Å². The van der Waals surface area contributed by atoms with Gasteiger partial charge in [-0.15, -0.1) is 0 Å². The predicted molar refractivity (Wildman–Crippen MR) is 89.1 cm³/mol. The van der Waals surface area contributed by atoms with Crippen LogP contribution >= 0.6 is 0 Å². The van der Waals surface area contributed by atoms with E-state index in [9.17, 15) is 18.0 Å². The molecule has 0 aliphatic carbocycles. The van der Waals surface area contributed by atoms with Crippen LogP contribution in [0.3, 0.4) is 0 Å². The lowest BCUT2D eigenvalue weighted by Crippen LogP contribution is -2.34. The lowest BCUT2D eigenvalue weighted by molar-refractivity contribution is -0.136. The van der Waals surface area contributed by atoms with E-state index in [0.29, 0.717) is 5.69 Å². The van der Waals surface area contributed by atoms with Gasteiger partial charge in [0.2, 0.25) is 0 Å². The molecule has 0 aliphatic heterocycles. The molecule has 0 saturated carbocycles. The Hall–Kier alpha value is -2.87. The number of halogens is 3. The highest BCUT2D eigenvalue weighted by atomic mass is 19.4. The first-order valence-electron chi connectivity index (χ1n) is 7.49. The summed E-state index contributed by atoms with van der Waals surface area (Å²) in [4.78, 5) is 17.0. The molecule has 5 nitrogen and oxygen atoms in total. The number of hydrogen-bond acceptors (Lipinski definition) is 4. The van der Waals surface area contributed by atoms with Gasteiger partial charge in [0.05, 0.1) is 28.2 Å². The molecule has 0 spiro atoms. The minimum Gasteiger partial charge on any atom is -0.322 e. The Labute approximate surface area is 140 Å². The highest BCUT2D eigenvalue weighted by Gasteiger charge is 2.34. The summed E-state index contributed by atoms with van der Waals surface area (Å²) in [5.74, 6) is 0.140. The number of hydrogen-bond donors (Lipinski definition) is 2. The van der Waals surface area contributed by atoms with Crippen molar-refractivity contribution in [3.63, 3.8) is 0 Å². The molecule has 0 bridgehead atoms. The molecule has 1 atom stereocenters. The molecule has 8 heteroatoms. The third-order valence-corrected chi connectivity index (χ3v) is 3.65. The monoisotopic (exact) mass is 348 g/mol. The zero-order valence-corrected chi connectivity index (χ0v) is 13.2. The Kier molecular flexibility index (Phi) is 4.22. The summed E-state index contributed by atoms with van der Waals surface area (Å²) in [5, 5.41) is -0.497. The lowest BCUT2D eigenvalue weighted by atomic mass is 10.1. The van der Waals surface area contributed by atoms with Gasteiger partial charge in [0.1, 0.15) is 5.82 Å². The first-order valence-corrected chi connectivity index (χ1v) is 7.49. The highest BCUT2D eigenvalue weighted by Crippen LogP contribution is 2.33. The van der Waals surface area contributed by atoms with Gasteiger partial charge in [-0.1, -0.05) is 24.3 Å². The second-order valence-electron chi connectivity index (χ2n) is 5.57. The maximum atomic E-state index is 13.3. The van der Waals surface area contributed by atoms with Gasteiger partial charge in [0, 0.05) is 0 Å². The van der Waals surface area contributed by atoms with E-state index in [2.05, 4.69) is 10.4 Å². The van der Waals surface area contributed by atoms with Gasteiger partial charge in [-0.25, -0.2) is 9.66 Å². The second kappa shape index (κ2) is 6.21. The molecular weight excluding hydrogens is 333 g/mol. The van der Waals surface area contributed by atoms with Crippen LogP contribution in [0.1, 0.15) is 24.4 Å². The molecule has 0 fully saturated rings. The van der Waals surface area contributed by atoms with Crippen molar-refractivity contribution in [2.45, 2.75) is 19.1 Å². The van der Waals surface area contributed by atoms with Gasteiger partial charge in [-0.05, 0) is 31.2 Å². The molecular formula is C17H15F3N4O. The van der Waals surface area contributed by atoms with Crippen molar-refractivity contribution in [2.24, 2.45) is 5.73 Å². The lowest BCUT2D eigenvalue weighted by Gasteiger charge is -2.18. The van der Waals surface area contributed by atoms with Crippen LogP contribution < -0.4 is 16.7 Å². The zero-order chi connectivity index (χ0) is 18.2. The minimum atomic E-state index is -4.67. The van der Waals surface area contributed by atoms with Crippen LogP contribution in [0.25, 0.3) is 10.9 Å². The molecule has 130 valence electrons. The largest absolute Gasteiger partial charge is 0.417 e. The van der Waals surface area contributed by atoms with Crippen LogP contribution in [-0.2, 0) is 6.18 Å². The van der Waals surface area contributed by atoms with Crippen molar-refractivity contribution in [3.8, 4) is 0 Å². The van der Waals surface area contributed by atoms with Crippen LogP contribution in [0, 0.1) is 0 Å². The molecule has 3 aromatic rings. The van der Waals surface area contributed by atoms with E-state index in [1.165, 1.54) is 12.1 Å². The molecule has 0 amide bonds. The fourth-order valence-corrected chi connectivity index (χ4v) is 2.54. The van der Waals surface area contributed by atoms with E-state index in [0.717, 1.165) is 10.7 Å². The van der Waals surface area contributed by atoms with E-state index in [1.54, 1.807) is 37.3 Å². The van der Waals surface area contributed by atoms with E-state index in [-0.39, 0.29) is 11.3 Å². The summed E-state index contributed by atoms with van der Waals surface area (Å²) < 4.78 is 40.9. The van der Waals surface area contributed by atoms with Crippen LogP contribution in [0.5, 0.6) is 0 Å². The number of rotatable bonds is 3. The topological polar surface area (TPSA) is 72.9 Å². The number of nitrogens with two attached hydrogens (primary N) is 1. The third-order valence-electron chi connectivity index (χ3n) is 3.65. The highest BCUT2D eigenvalue weighted by molar-refractivity contribution is 5.82. The number of nitrogens with one attached hydrogen (secondary N) is 1. The van der Waals surface area contributed by atoms with Crippen molar-refractivity contribution in [1.82, 2.24) is 9.66 Å². The number of aromatic nitrogens is 2. The Bertz CT molecular complexity index is 965. The Balaban J connectivity index is 2.32. The van der Waals surface area contributed by atoms with Crippen molar-refractivity contribution in [2.75, 3.05) is 5.43 Å². The molecule has 25 heavy (non-hydrogen) atoms. The Morgan fingerprint density at radius 2 is 1.80 bits per heavy atom. The van der Waals surface area contributed by atoms with E-state index < -0.39 is 28.7 Å². The van der Waals surface area contributed by atoms with E-state index in [4.69, 9.17) is 5.73 Å². The molecule has 1 heterocycles. The SMILES string of the molecule is CC(N)c1nc2cccc(C(F)(F)F)c2c(=O)n1Nc1ccccc1. The average molecular weight is 348 g/mol. The molecule has 3 N–H and O–H groups in total. The number of fused-ring (bicyclic) bond motifs is 1. The van der Waals surface area contributed by atoms with Crippen LogP contribution in [-0.4, -0.2) is 9.66 Å². The summed E-state index contributed by atoms with van der Waals surface area (Å²) in [7, 11) is 0. The molecule has 1 unspecified atom stereocenters. The summed E-state index contributed by atoms with van der Waals surface area (Å²) in [5.41, 5.74) is 7.26. The van der Waals surface area contributed by atoms with Gasteiger partial charge in [0.15, 0.2) is 0 Å². The van der Waals surface area contributed by atoms with E-state index >= 15 is 0 Å². The third kappa shape index (κ3) is 3.20. The first-order chi connectivity index (χ1) is 11.8. The van der Waals surface area contributed by atoms with Crippen LogP contribution in [0.15, 0.2) is 53.3 Å². The number of anilines is 1. The molecule has 1 aromatic heterocycles. The number of nitrogens with zero attached hydrogens (tertiary/aromatic N) is 2. The molecule has 0 saturated heterocycles.